The molecule has 1 saturated heterocycles. The number of halogens is 4. The van der Waals surface area contributed by atoms with Gasteiger partial charge in [-0.1, -0.05) is 29.3 Å². The van der Waals surface area contributed by atoms with Gasteiger partial charge in [0.2, 0.25) is 0 Å². The summed E-state index contributed by atoms with van der Waals surface area (Å²) in [5.41, 5.74) is 8.63. The number of nitrogens with two attached hydrogens (primary N) is 1. The van der Waals surface area contributed by atoms with Crippen LogP contribution in [0.15, 0.2) is 35.4 Å². The summed E-state index contributed by atoms with van der Waals surface area (Å²) in [6, 6.07) is 7.69. The van der Waals surface area contributed by atoms with Crippen LogP contribution in [0.5, 0.6) is 0 Å². The molecule has 0 spiro atoms. The number of benzene rings is 2. The number of nitrogens with zero attached hydrogens (tertiary/aromatic N) is 3. The van der Waals surface area contributed by atoms with Crippen molar-refractivity contribution in [3.8, 4) is 0 Å². The Morgan fingerprint density at radius 2 is 1.79 bits per heavy atom. The van der Waals surface area contributed by atoms with E-state index in [1.807, 2.05) is 4.90 Å². The lowest BCUT2D eigenvalue weighted by atomic mass is 10.1. The molecule has 3 rings (SSSR count). The molecule has 10 heteroatoms. The first kappa shape index (κ1) is 21.7. The van der Waals surface area contributed by atoms with Gasteiger partial charge in [0, 0.05) is 60.0 Å². The number of nitrogens with one attached hydrogen (secondary N) is 1. The van der Waals surface area contributed by atoms with Crippen LogP contribution in [0.2, 0.25) is 10.0 Å². The van der Waals surface area contributed by atoms with Crippen molar-refractivity contribution in [2.24, 2.45) is 10.8 Å². The molecule has 154 valence electrons. The third-order valence-electron chi connectivity index (χ3n) is 4.60. The van der Waals surface area contributed by atoms with Crippen LogP contribution < -0.4 is 16.1 Å². The standard InChI is InChI=1S/C19H19Cl2F2N5S/c20-14-2-1-3-15(21)13(14)11-27-4-6-28(7-5-27)18-9-16(22)12(8-17(18)23)10-25-26-19(24)29/h1-3,8-10H,4-7,11H2,(H3,24,26,29). The van der Waals surface area contributed by atoms with E-state index in [2.05, 4.69) is 27.6 Å². The van der Waals surface area contributed by atoms with Gasteiger partial charge in [0.15, 0.2) is 5.11 Å². The maximum atomic E-state index is 14.6. The number of hydrogen-bond acceptors (Lipinski definition) is 4. The van der Waals surface area contributed by atoms with Gasteiger partial charge in [-0.2, -0.15) is 5.10 Å². The largest absolute Gasteiger partial charge is 0.375 e. The third kappa shape index (κ3) is 5.54. The van der Waals surface area contributed by atoms with Gasteiger partial charge in [-0.3, -0.25) is 10.3 Å². The van der Waals surface area contributed by atoms with Gasteiger partial charge in [-0.25, -0.2) is 8.78 Å². The zero-order valence-electron chi connectivity index (χ0n) is 15.3. The molecule has 1 aliphatic heterocycles. The summed E-state index contributed by atoms with van der Waals surface area (Å²) in [6.07, 6.45) is 1.13. The Bertz CT molecular complexity index is 913. The van der Waals surface area contributed by atoms with E-state index in [-0.39, 0.29) is 16.4 Å². The normalized spacial score (nSPS) is 15.1. The van der Waals surface area contributed by atoms with Crippen molar-refractivity contribution in [3.05, 3.63) is 63.1 Å². The fourth-order valence-electron chi connectivity index (χ4n) is 3.11. The van der Waals surface area contributed by atoms with E-state index in [0.717, 1.165) is 17.8 Å². The van der Waals surface area contributed by atoms with Gasteiger partial charge in [0.05, 0.1) is 11.9 Å². The lowest BCUT2D eigenvalue weighted by Gasteiger charge is -2.36. The average molecular weight is 458 g/mol. The van der Waals surface area contributed by atoms with Crippen LogP contribution in [-0.2, 0) is 6.54 Å². The highest BCUT2D eigenvalue weighted by molar-refractivity contribution is 7.80. The van der Waals surface area contributed by atoms with Crippen molar-refractivity contribution in [1.82, 2.24) is 10.3 Å². The third-order valence-corrected chi connectivity index (χ3v) is 5.40. The molecular weight excluding hydrogens is 439 g/mol. The summed E-state index contributed by atoms with van der Waals surface area (Å²) in [6.45, 7) is 3.05. The number of piperazine rings is 1. The predicted octanol–water partition coefficient (Wildman–Crippen LogP) is 3.76. The first-order chi connectivity index (χ1) is 13.8. The summed E-state index contributed by atoms with van der Waals surface area (Å²) in [5.74, 6) is -1.11. The summed E-state index contributed by atoms with van der Waals surface area (Å²) in [7, 11) is 0. The van der Waals surface area contributed by atoms with Crippen molar-refractivity contribution in [2.45, 2.75) is 6.54 Å². The van der Waals surface area contributed by atoms with Gasteiger partial charge >= 0.3 is 0 Å². The number of hydrogen-bond donors (Lipinski definition) is 2. The smallest absolute Gasteiger partial charge is 0.184 e. The van der Waals surface area contributed by atoms with E-state index in [9.17, 15) is 8.78 Å². The molecule has 0 unspecified atom stereocenters. The van der Waals surface area contributed by atoms with E-state index < -0.39 is 11.6 Å². The Labute approximate surface area is 183 Å². The van der Waals surface area contributed by atoms with Gasteiger partial charge in [0.1, 0.15) is 11.6 Å². The van der Waals surface area contributed by atoms with Gasteiger partial charge in [-0.15, -0.1) is 0 Å². The lowest BCUT2D eigenvalue weighted by Crippen LogP contribution is -2.46. The van der Waals surface area contributed by atoms with Crippen LogP contribution in [0.25, 0.3) is 0 Å². The first-order valence-electron chi connectivity index (χ1n) is 8.83. The van der Waals surface area contributed by atoms with E-state index >= 15 is 0 Å². The molecule has 0 amide bonds. The fraction of sp³-hybridized carbons (Fsp3) is 0.263. The zero-order chi connectivity index (χ0) is 21.0. The molecule has 1 heterocycles. The highest BCUT2D eigenvalue weighted by Gasteiger charge is 2.22. The predicted molar refractivity (Wildman–Crippen MR) is 118 cm³/mol. The topological polar surface area (TPSA) is 56.9 Å². The van der Waals surface area contributed by atoms with Crippen LogP contribution in [0.4, 0.5) is 14.5 Å². The molecule has 0 saturated carbocycles. The molecule has 29 heavy (non-hydrogen) atoms. The van der Waals surface area contributed by atoms with Crippen LogP contribution in [0, 0.1) is 11.6 Å². The van der Waals surface area contributed by atoms with Crippen molar-refractivity contribution in [1.29, 1.82) is 0 Å². The molecule has 1 fully saturated rings. The summed E-state index contributed by atoms with van der Waals surface area (Å²) >= 11 is 17.1. The van der Waals surface area contributed by atoms with Crippen LogP contribution >= 0.6 is 35.4 Å². The monoisotopic (exact) mass is 457 g/mol. The second-order valence-corrected chi connectivity index (χ2v) is 7.78. The first-order valence-corrected chi connectivity index (χ1v) is 9.99. The van der Waals surface area contributed by atoms with E-state index in [4.69, 9.17) is 28.9 Å². The van der Waals surface area contributed by atoms with Crippen molar-refractivity contribution >= 4 is 52.4 Å². The molecule has 5 nitrogen and oxygen atoms in total. The minimum atomic E-state index is -0.583. The highest BCUT2D eigenvalue weighted by atomic mass is 35.5. The Hall–Kier alpha value is -2.00. The Morgan fingerprint density at radius 1 is 1.14 bits per heavy atom. The molecule has 1 aliphatic rings. The maximum absolute atomic E-state index is 14.6. The van der Waals surface area contributed by atoms with Crippen LogP contribution in [0.3, 0.4) is 0 Å². The van der Waals surface area contributed by atoms with Gasteiger partial charge in [0.25, 0.3) is 0 Å². The van der Waals surface area contributed by atoms with Crippen molar-refractivity contribution in [2.75, 3.05) is 31.1 Å². The minimum absolute atomic E-state index is 0.00185. The molecule has 2 aromatic carbocycles. The van der Waals surface area contributed by atoms with Crippen LogP contribution in [-0.4, -0.2) is 42.4 Å². The molecule has 2 aromatic rings. The second-order valence-electron chi connectivity index (χ2n) is 6.52. The van der Waals surface area contributed by atoms with Gasteiger partial charge < -0.3 is 10.6 Å². The van der Waals surface area contributed by atoms with E-state index in [1.165, 1.54) is 6.07 Å². The number of anilines is 1. The summed E-state index contributed by atoms with van der Waals surface area (Å²) in [5, 5.41) is 4.84. The molecule has 0 radical (unpaired) electrons. The minimum Gasteiger partial charge on any atom is -0.375 e. The average Bonchev–Trinajstić information content (AvgIpc) is 2.67. The summed E-state index contributed by atoms with van der Waals surface area (Å²) in [4.78, 5) is 4.00. The highest BCUT2D eigenvalue weighted by Crippen LogP contribution is 2.28. The Kier molecular flexibility index (Phi) is 7.23. The quantitative estimate of drug-likeness (QED) is 0.406. The van der Waals surface area contributed by atoms with Gasteiger partial charge in [-0.05, 0) is 30.4 Å². The molecule has 0 aliphatic carbocycles. The Balaban J connectivity index is 1.65. The molecular formula is C19H19Cl2F2N5S. The Morgan fingerprint density at radius 3 is 2.41 bits per heavy atom. The molecule has 0 bridgehead atoms. The van der Waals surface area contributed by atoms with Crippen LogP contribution in [0.1, 0.15) is 11.1 Å². The lowest BCUT2D eigenvalue weighted by molar-refractivity contribution is 0.249. The van der Waals surface area contributed by atoms with E-state index in [0.29, 0.717) is 42.8 Å². The zero-order valence-corrected chi connectivity index (χ0v) is 17.7. The summed E-state index contributed by atoms with van der Waals surface area (Å²) < 4.78 is 28.9. The second kappa shape index (κ2) is 9.67. The molecule has 0 atom stereocenters. The van der Waals surface area contributed by atoms with E-state index in [1.54, 1.807) is 18.2 Å². The molecule has 3 N–H and O–H groups in total. The number of hydrazone groups is 1. The molecule has 0 aromatic heterocycles. The number of thiocarbonyl (C=S) groups is 1. The maximum Gasteiger partial charge on any atom is 0.184 e. The van der Waals surface area contributed by atoms with Crippen molar-refractivity contribution < 1.29 is 8.78 Å². The fourth-order valence-corrected chi connectivity index (χ4v) is 3.68. The number of rotatable bonds is 5. The van der Waals surface area contributed by atoms with Crippen molar-refractivity contribution in [3.63, 3.8) is 0 Å². The SMILES string of the molecule is NC(=S)NN=Cc1cc(F)c(N2CCN(Cc3c(Cl)cccc3Cl)CC2)cc1F.